The summed E-state index contributed by atoms with van der Waals surface area (Å²) in [4.78, 5) is 11.2. The minimum atomic E-state index is -0.269. The molecule has 2 aromatic rings. The first-order valence-corrected chi connectivity index (χ1v) is 13.4. The third-order valence-corrected chi connectivity index (χ3v) is 7.45. The fourth-order valence-corrected chi connectivity index (χ4v) is 4.63. The molecular formula is C28H39ClN2O2S. The van der Waals surface area contributed by atoms with Crippen LogP contribution in [0.1, 0.15) is 66.2 Å². The number of carbonyl (C=O) groups excluding carboxylic acids is 1. The first-order chi connectivity index (χ1) is 16.2. The van der Waals surface area contributed by atoms with Gasteiger partial charge in [0.25, 0.3) is 0 Å². The van der Waals surface area contributed by atoms with Gasteiger partial charge in [0.15, 0.2) is 0 Å². The number of halogens is 1. The van der Waals surface area contributed by atoms with Gasteiger partial charge in [0.05, 0.1) is 23.3 Å². The lowest BCUT2D eigenvalue weighted by Gasteiger charge is -2.17. The molecule has 34 heavy (non-hydrogen) atoms. The van der Waals surface area contributed by atoms with Gasteiger partial charge in [-0.15, -0.1) is 0 Å². The Hall–Kier alpha value is -2.00. The van der Waals surface area contributed by atoms with Crippen LogP contribution in [0, 0.1) is 37.0 Å². The zero-order valence-electron chi connectivity index (χ0n) is 21.7. The van der Waals surface area contributed by atoms with Gasteiger partial charge in [-0.3, -0.25) is 4.31 Å². The highest BCUT2D eigenvalue weighted by atomic mass is 35.5. The van der Waals surface area contributed by atoms with E-state index in [0.29, 0.717) is 16.1 Å². The van der Waals surface area contributed by atoms with Crippen LogP contribution in [0.3, 0.4) is 0 Å². The zero-order chi connectivity index (χ0) is 25.7. The van der Waals surface area contributed by atoms with Crippen LogP contribution < -0.4 is 0 Å². The maximum Gasteiger partial charge on any atom is 0.337 e. The molecule has 0 amide bonds. The average Bonchev–Trinajstić information content (AvgIpc) is 3.34. The lowest BCUT2D eigenvalue weighted by atomic mass is 9.91. The third kappa shape index (κ3) is 9.70. The quantitative estimate of drug-likeness (QED) is 0.313. The number of nitriles is 1. The smallest absolute Gasteiger partial charge is 0.337 e. The molecule has 2 aromatic carbocycles. The molecule has 1 fully saturated rings. The lowest BCUT2D eigenvalue weighted by molar-refractivity contribution is 0.0600. The summed E-state index contributed by atoms with van der Waals surface area (Å²) in [6, 6.07) is 13.0. The first kappa shape index (κ1) is 30.0. The van der Waals surface area contributed by atoms with Gasteiger partial charge < -0.3 is 4.74 Å². The van der Waals surface area contributed by atoms with Gasteiger partial charge in [-0.25, -0.2) is 4.79 Å². The third-order valence-electron chi connectivity index (χ3n) is 6.29. The lowest BCUT2D eigenvalue weighted by Crippen LogP contribution is -2.15. The van der Waals surface area contributed by atoms with Crippen LogP contribution in [0.2, 0.25) is 5.02 Å². The minimum Gasteiger partial charge on any atom is -0.465 e. The van der Waals surface area contributed by atoms with Gasteiger partial charge in [-0.05, 0) is 85.7 Å². The maximum atomic E-state index is 11.2. The number of esters is 1. The molecule has 0 spiro atoms. The van der Waals surface area contributed by atoms with Crippen molar-refractivity contribution in [2.45, 2.75) is 53.9 Å². The highest BCUT2D eigenvalue weighted by molar-refractivity contribution is 7.96. The molecule has 6 heteroatoms. The predicted octanol–water partition coefficient (Wildman–Crippen LogP) is 7.50. The van der Waals surface area contributed by atoms with E-state index >= 15 is 0 Å². The van der Waals surface area contributed by atoms with Gasteiger partial charge in [-0.2, -0.15) is 5.26 Å². The number of ether oxygens (including phenoxy) is 1. The van der Waals surface area contributed by atoms with Gasteiger partial charge in [-0.1, -0.05) is 62.9 Å². The van der Waals surface area contributed by atoms with Crippen molar-refractivity contribution in [2.24, 2.45) is 11.8 Å². The number of hydrogen-bond donors (Lipinski definition) is 0. The maximum absolute atomic E-state index is 11.2. The molecule has 0 aromatic heterocycles. The number of methoxy groups -OCH3 is 1. The summed E-state index contributed by atoms with van der Waals surface area (Å²) in [5.41, 5.74) is 4.65. The highest BCUT2D eigenvalue weighted by Gasteiger charge is 2.25. The van der Waals surface area contributed by atoms with Crippen molar-refractivity contribution in [3.05, 3.63) is 69.2 Å². The van der Waals surface area contributed by atoms with E-state index < -0.39 is 0 Å². The molecule has 0 bridgehead atoms. The van der Waals surface area contributed by atoms with E-state index in [1.54, 1.807) is 18.2 Å². The first-order valence-electron chi connectivity index (χ1n) is 11.8. The van der Waals surface area contributed by atoms with Crippen molar-refractivity contribution in [1.82, 2.24) is 4.31 Å². The Bertz CT molecular complexity index is 958. The van der Waals surface area contributed by atoms with E-state index in [4.69, 9.17) is 16.9 Å². The molecule has 2 atom stereocenters. The summed E-state index contributed by atoms with van der Waals surface area (Å²) in [5.74, 6) is 1.62. The molecule has 4 nitrogen and oxygen atoms in total. The van der Waals surface area contributed by atoms with Crippen molar-refractivity contribution in [3.63, 3.8) is 0 Å². The van der Waals surface area contributed by atoms with E-state index in [1.165, 1.54) is 44.2 Å². The number of rotatable bonds is 5. The second-order valence-electron chi connectivity index (χ2n) is 8.59. The molecule has 2 unspecified atom stereocenters. The van der Waals surface area contributed by atoms with Crippen molar-refractivity contribution < 1.29 is 9.53 Å². The van der Waals surface area contributed by atoms with Crippen LogP contribution in [0.15, 0.2) is 36.4 Å². The summed E-state index contributed by atoms with van der Waals surface area (Å²) >= 11 is 7.60. The summed E-state index contributed by atoms with van der Waals surface area (Å²) < 4.78 is 7.12. The van der Waals surface area contributed by atoms with Gasteiger partial charge >= 0.3 is 5.97 Å². The molecule has 0 N–H and O–H groups in total. The molecule has 3 rings (SSSR count). The van der Waals surface area contributed by atoms with Crippen LogP contribution in [0.25, 0.3) is 0 Å². The molecule has 1 heterocycles. The molecule has 1 saturated heterocycles. The second kappa shape index (κ2) is 15.8. The fourth-order valence-electron chi connectivity index (χ4n) is 3.73. The minimum absolute atomic E-state index is 0.269. The number of carbonyl (C=O) groups is 1. The van der Waals surface area contributed by atoms with Crippen LogP contribution >= 0.6 is 23.5 Å². The van der Waals surface area contributed by atoms with E-state index in [0.717, 1.165) is 23.8 Å². The summed E-state index contributed by atoms with van der Waals surface area (Å²) in [6.07, 6.45) is 5.87. The molecule has 1 aliphatic rings. The Kier molecular flexibility index (Phi) is 14.0. The van der Waals surface area contributed by atoms with Crippen molar-refractivity contribution in [3.8, 4) is 6.07 Å². The van der Waals surface area contributed by atoms with Crippen molar-refractivity contribution in [2.75, 3.05) is 26.5 Å². The Morgan fingerprint density at radius 3 is 2.47 bits per heavy atom. The van der Waals surface area contributed by atoms with Crippen molar-refractivity contribution in [1.29, 1.82) is 5.26 Å². The van der Waals surface area contributed by atoms with E-state index in [2.05, 4.69) is 36.1 Å². The fraction of sp³-hybridized carbons (Fsp3) is 0.500. The van der Waals surface area contributed by atoms with Crippen LogP contribution in [0.4, 0.5) is 0 Å². The molecule has 0 radical (unpaired) electrons. The molecular weight excluding hydrogens is 464 g/mol. The molecule has 0 aliphatic carbocycles. The van der Waals surface area contributed by atoms with Crippen LogP contribution in [-0.2, 0) is 11.2 Å². The average molecular weight is 503 g/mol. The van der Waals surface area contributed by atoms with Crippen molar-refractivity contribution >= 4 is 29.5 Å². The van der Waals surface area contributed by atoms with Gasteiger partial charge in [0, 0.05) is 13.1 Å². The normalized spacial score (nSPS) is 15.8. The number of benzene rings is 2. The summed E-state index contributed by atoms with van der Waals surface area (Å²) in [5, 5.41) is 9.00. The Morgan fingerprint density at radius 2 is 1.97 bits per heavy atom. The molecule has 0 saturated carbocycles. The number of hydrogen-bond acceptors (Lipinski definition) is 5. The van der Waals surface area contributed by atoms with E-state index in [-0.39, 0.29) is 5.97 Å². The zero-order valence-corrected chi connectivity index (χ0v) is 23.2. The topological polar surface area (TPSA) is 53.3 Å². The van der Waals surface area contributed by atoms with Crippen LogP contribution in [0.5, 0.6) is 0 Å². The molecule has 186 valence electrons. The van der Waals surface area contributed by atoms with Gasteiger partial charge in [0.1, 0.15) is 6.07 Å². The second-order valence-corrected chi connectivity index (χ2v) is 9.88. The predicted molar refractivity (Wildman–Crippen MR) is 145 cm³/mol. The number of nitrogens with zero attached hydrogens (tertiary/aromatic N) is 2. The Morgan fingerprint density at radius 1 is 1.26 bits per heavy atom. The van der Waals surface area contributed by atoms with Gasteiger partial charge in [0.2, 0.25) is 0 Å². The Labute approximate surface area is 215 Å². The van der Waals surface area contributed by atoms with Crippen LogP contribution in [-0.4, -0.2) is 36.7 Å². The van der Waals surface area contributed by atoms with E-state index in [9.17, 15) is 4.79 Å². The SMILES string of the molecule is CCC(C)C1CCN(SC)C1.CCc1cc(C(=O)OC)ccc1C.Cc1ccc(C#N)c(Cl)c1. The highest BCUT2D eigenvalue weighted by Crippen LogP contribution is 2.28. The standard InChI is InChI=1S/C11H14O2.C9H19NS.C8H6ClN/c1-4-9-7-10(11(12)13-3)6-5-8(9)2;1-4-8(2)9-5-6-10(7-9)11-3;1-6-2-3-7(5-10)8(9)4-6/h5-7H,4H2,1-3H3;8-9H,4-7H2,1-3H3;2-4H,1H3. The molecule has 1 aliphatic heterocycles. The Balaban J connectivity index is 0.000000257. The largest absolute Gasteiger partial charge is 0.465 e. The summed E-state index contributed by atoms with van der Waals surface area (Å²) in [7, 11) is 1.40. The monoisotopic (exact) mass is 502 g/mol. The van der Waals surface area contributed by atoms with E-state index in [1.807, 2.05) is 50.1 Å². The summed E-state index contributed by atoms with van der Waals surface area (Å²) in [6.45, 7) is 13.4. The number of aryl methyl sites for hydroxylation is 3.